The van der Waals surface area contributed by atoms with Gasteiger partial charge in [-0.25, -0.2) is 0 Å². The average Bonchev–Trinajstić information content (AvgIpc) is 2.16. The third-order valence-corrected chi connectivity index (χ3v) is 2.67. The summed E-state index contributed by atoms with van der Waals surface area (Å²) in [5.74, 6) is -0.719. The molecule has 1 fully saturated rings. The van der Waals surface area contributed by atoms with Gasteiger partial charge in [-0.05, 0) is 6.92 Å². The van der Waals surface area contributed by atoms with E-state index in [9.17, 15) is 34.5 Å². The van der Waals surface area contributed by atoms with Gasteiger partial charge in [-0.2, -0.15) is 0 Å². The molecule has 0 amide bonds. The number of rotatable bonds is 3. The van der Waals surface area contributed by atoms with Crippen molar-refractivity contribution in [2.75, 3.05) is 0 Å². The molecule has 0 aromatic heterocycles. The first kappa shape index (κ1) is 22.9. The summed E-state index contributed by atoms with van der Waals surface area (Å²) in [6.45, 7) is 1.02. The molecule has 3 N–H and O–H groups in total. The van der Waals surface area contributed by atoms with E-state index in [1.54, 1.807) is 0 Å². The number of carbonyl (C=O) groups is 1. The second kappa shape index (κ2) is 8.92. The molecule has 12 heteroatoms. The third-order valence-electron chi connectivity index (χ3n) is 2.20. The molecular formula is C7H11Na2O9P. The van der Waals surface area contributed by atoms with Gasteiger partial charge in [-0.15, -0.1) is 0 Å². The molecule has 5 atom stereocenters. The molecule has 0 unspecified atom stereocenters. The molecule has 0 aliphatic carbocycles. The number of carbonyl (C=O) groups excluding carboxylic acids is 1. The number of aliphatic hydroxyl groups is 3. The molecular weight excluding hydrogens is 305 g/mol. The molecule has 0 bridgehead atoms. The monoisotopic (exact) mass is 316 g/mol. The first-order chi connectivity index (χ1) is 7.63. The summed E-state index contributed by atoms with van der Waals surface area (Å²) in [6.07, 6.45) is -9.17. The van der Waals surface area contributed by atoms with E-state index in [4.69, 9.17) is 0 Å². The number of hydrogen-bond donors (Lipinski definition) is 3. The van der Waals surface area contributed by atoms with Crippen LogP contribution in [-0.4, -0.2) is 51.8 Å². The van der Waals surface area contributed by atoms with Gasteiger partial charge in [0.1, 0.15) is 24.4 Å². The molecule has 1 rings (SSSR count). The van der Waals surface area contributed by atoms with Gasteiger partial charge in [-0.1, -0.05) is 0 Å². The Balaban J connectivity index is 0. The predicted molar refractivity (Wildman–Crippen MR) is 46.1 cm³/mol. The maximum atomic E-state index is 11.0. The van der Waals surface area contributed by atoms with Crippen molar-refractivity contribution < 1.29 is 103 Å². The van der Waals surface area contributed by atoms with Crippen molar-refractivity contribution in [1.82, 2.24) is 0 Å². The smallest absolute Gasteiger partial charge is 0.790 e. The number of aliphatic hydroxyl groups excluding tert-OH is 3. The summed E-state index contributed by atoms with van der Waals surface area (Å²) < 4.78 is 18.8. The van der Waals surface area contributed by atoms with Gasteiger partial charge in [0.15, 0.2) is 12.1 Å². The Bertz CT molecular complexity index is 347. The fourth-order valence-electron chi connectivity index (χ4n) is 1.40. The van der Waals surface area contributed by atoms with E-state index in [0.29, 0.717) is 0 Å². The Hall–Kier alpha value is 1.62. The fourth-order valence-corrected chi connectivity index (χ4v) is 1.83. The predicted octanol–water partition coefficient (Wildman–Crippen LogP) is -9.76. The van der Waals surface area contributed by atoms with Crippen molar-refractivity contribution in [3.8, 4) is 0 Å². The molecule has 1 saturated heterocycles. The Morgan fingerprint density at radius 1 is 1.16 bits per heavy atom. The molecule has 0 radical (unpaired) electrons. The second-order valence-corrected chi connectivity index (χ2v) is 4.67. The van der Waals surface area contributed by atoms with Crippen LogP contribution in [0, 0.1) is 0 Å². The van der Waals surface area contributed by atoms with E-state index in [0.717, 1.165) is 6.92 Å². The van der Waals surface area contributed by atoms with Crippen LogP contribution in [0.2, 0.25) is 0 Å². The number of hydrogen-bond acceptors (Lipinski definition) is 9. The zero-order valence-corrected chi connectivity index (χ0v) is 15.5. The van der Waals surface area contributed by atoms with Crippen LogP contribution in [0.4, 0.5) is 0 Å². The maximum Gasteiger partial charge on any atom is 1.00 e. The Labute approximate surface area is 153 Å². The van der Waals surface area contributed by atoms with Crippen LogP contribution in [0.5, 0.6) is 0 Å². The van der Waals surface area contributed by atoms with Crippen LogP contribution in [0.3, 0.4) is 0 Å². The molecule has 19 heavy (non-hydrogen) atoms. The largest absolute Gasteiger partial charge is 1.00 e. The van der Waals surface area contributed by atoms with E-state index < -0.39 is 44.3 Å². The molecule has 0 saturated carbocycles. The van der Waals surface area contributed by atoms with E-state index in [2.05, 4.69) is 9.26 Å². The topological polar surface area (TPSA) is 159 Å². The quantitative estimate of drug-likeness (QED) is 0.339. The minimum Gasteiger partial charge on any atom is -0.790 e. The Kier molecular flexibility index (Phi) is 10.7. The van der Waals surface area contributed by atoms with Crippen molar-refractivity contribution in [1.29, 1.82) is 0 Å². The maximum absolute atomic E-state index is 11.0. The van der Waals surface area contributed by atoms with Crippen molar-refractivity contribution in [2.24, 2.45) is 0 Å². The standard InChI is InChI=1S/C7H13O9P.2Na/c1-2(8)6-4(10)3(9)5(11)7(15-6)16-17(12,13)14;;/h3-7,9-11H,1H3,(H2,12,13,14);;/q;2*+1/p-2/t3-,4-,5+,6+,7+;;/m0../s1. The summed E-state index contributed by atoms with van der Waals surface area (Å²) in [4.78, 5) is 31.7. The average molecular weight is 316 g/mol. The summed E-state index contributed by atoms with van der Waals surface area (Å²) in [5, 5.41) is 28.0. The molecule has 1 aliphatic heterocycles. The minimum atomic E-state index is -5.46. The van der Waals surface area contributed by atoms with Gasteiger partial charge in [0.25, 0.3) is 0 Å². The normalized spacial score (nSPS) is 34.9. The summed E-state index contributed by atoms with van der Waals surface area (Å²) >= 11 is 0. The number of phosphoric acid groups is 1. The van der Waals surface area contributed by atoms with Crippen LogP contribution in [0.15, 0.2) is 0 Å². The van der Waals surface area contributed by atoms with Gasteiger partial charge in [0, 0.05) is 0 Å². The zero-order chi connectivity index (χ0) is 13.4. The van der Waals surface area contributed by atoms with Crippen LogP contribution in [0.25, 0.3) is 0 Å². The third kappa shape index (κ3) is 6.50. The molecule has 1 heterocycles. The van der Waals surface area contributed by atoms with E-state index in [1.807, 2.05) is 0 Å². The number of ketones is 1. The molecule has 100 valence electrons. The van der Waals surface area contributed by atoms with Gasteiger partial charge in [0.05, 0.1) is 7.82 Å². The van der Waals surface area contributed by atoms with Crippen molar-refractivity contribution in [3.63, 3.8) is 0 Å². The summed E-state index contributed by atoms with van der Waals surface area (Å²) in [6, 6.07) is 0. The Morgan fingerprint density at radius 3 is 2.00 bits per heavy atom. The van der Waals surface area contributed by atoms with Gasteiger partial charge < -0.3 is 38.9 Å². The molecule has 9 nitrogen and oxygen atoms in total. The molecule has 0 aromatic rings. The van der Waals surface area contributed by atoms with Crippen LogP contribution in [-0.2, 0) is 18.6 Å². The van der Waals surface area contributed by atoms with Crippen molar-refractivity contribution in [3.05, 3.63) is 0 Å². The van der Waals surface area contributed by atoms with E-state index >= 15 is 0 Å². The molecule has 0 spiro atoms. The van der Waals surface area contributed by atoms with Gasteiger partial charge in [-0.3, -0.25) is 4.79 Å². The van der Waals surface area contributed by atoms with Crippen LogP contribution in [0.1, 0.15) is 6.92 Å². The first-order valence-corrected chi connectivity index (χ1v) is 6.00. The van der Waals surface area contributed by atoms with Gasteiger partial charge >= 0.3 is 59.1 Å². The molecule has 1 aliphatic rings. The SMILES string of the molecule is CC(=O)[C@H]1O[C@H](OP(=O)([O-])[O-])[C@H](O)[C@@H](O)[C@@H]1O.[Na+].[Na+]. The number of ether oxygens (including phenoxy) is 1. The fraction of sp³-hybridized carbons (Fsp3) is 0.857. The number of Topliss-reactive ketones (excluding diaryl/α,β-unsaturated/α-hetero) is 1. The van der Waals surface area contributed by atoms with E-state index in [-0.39, 0.29) is 59.1 Å². The summed E-state index contributed by atoms with van der Waals surface area (Å²) in [7, 11) is -5.46. The van der Waals surface area contributed by atoms with Crippen LogP contribution >= 0.6 is 7.82 Å². The zero-order valence-electron chi connectivity index (χ0n) is 10.6. The summed E-state index contributed by atoms with van der Waals surface area (Å²) in [5.41, 5.74) is 0. The van der Waals surface area contributed by atoms with Crippen molar-refractivity contribution in [2.45, 2.75) is 37.6 Å². The minimum absolute atomic E-state index is 0. The van der Waals surface area contributed by atoms with E-state index in [1.165, 1.54) is 0 Å². The van der Waals surface area contributed by atoms with Gasteiger partial charge in [0.2, 0.25) is 0 Å². The Morgan fingerprint density at radius 2 is 1.63 bits per heavy atom. The first-order valence-electron chi connectivity index (χ1n) is 4.54. The molecule has 0 aromatic carbocycles. The second-order valence-electron chi connectivity index (χ2n) is 3.56. The van der Waals surface area contributed by atoms with Crippen LogP contribution < -0.4 is 68.9 Å². The number of phosphoric ester groups is 1. The van der Waals surface area contributed by atoms with Crippen molar-refractivity contribution >= 4 is 13.6 Å².